The predicted octanol–water partition coefficient (Wildman–Crippen LogP) is 17.1. The minimum atomic E-state index is 0.867. The normalized spacial score (nSPS) is 11.2. The fourth-order valence-electron chi connectivity index (χ4n) is 8.61. The molecule has 1 aromatic heterocycles. The predicted molar refractivity (Wildman–Crippen MR) is 261 cm³/mol. The lowest BCUT2D eigenvalue weighted by molar-refractivity contribution is 0.669. The van der Waals surface area contributed by atoms with Gasteiger partial charge in [0.2, 0.25) is 0 Å². The van der Waals surface area contributed by atoms with E-state index in [0.717, 1.165) is 44.6 Å². The molecule has 2 heteroatoms. The van der Waals surface area contributed by atoms with Crippen molar-refractivity contribution in [3.63, 3.8) is 0 Å². The molecule has 0 N–H and O–H groups in total. The molecule has 0 spiro atoms. The fraction of sp³-hybridized carbons (Fsp3) is 0. The maximum atomic E-state index is 6.38. The minimum absolute atomic E-state index is 0.867. The SMILES string of the molecule is c1ccc(-c2ccc(-c3ccc(-c4cccc(-c5ccc(N(c6ccc(-c7ccc(-c8ccccc8)cc7)cc6)c6ccc7c(c6)oc6ccccc67)cc5)c4)cc3)cc2)cc1. The average Bonchev–Trinajstić information content (AvgIpc) is 3.73. The number of benzene rings is 10. The Morgan fingerprint density at radius 2 is 0.532 bits per heavy atom. The van der Waals surface area contributed by atoms with Crippen LogP contribution in [-0.2, 0) is 0 Å². The quantitative estimate of drug-likeness (QED) is 0.145. The second-order valence-electron chi connectivity index (χ2n) is 15.8. The van der Waals surface area contributed by atoms with Crippen LogP contribution in [0.25, 0.3) is 88.7 Å². The van der Waals surface area contributed by atoms with Crippen LogP contribution in [0, 0.1) is 0 Å². The van der Waals surface area contributed by atoms with Crippen molar-refractivity contribution in [2.75, 3.05) is 4.90 Å². The van der Waals surface area contributed by atoms with Gasteiger partial charge in [-0.1, -0.05) is 194 Å². The average molecular weight is 792 g/mol. The van der Waals surface area contributed by atoms with Crippen molar-refractivity contribution in [3.8, 4) is 66.8 Å². The number of nitrogens with zero attached hydrogens (tertiary/aromatic N) is 1. The second kappa shape index (κ2) is 16.1. The third-order valence-electron chi connectivity index (χ3n) is 11.9. The molecule has 62 heavy (non-hydrogen) atoms. The van der Waals surface area contributed by atoms with E-state index in [2.05, 4.69) is 241 Å². The summed E-state index contributed by atoms with van der Waals surface area (Å²) in [6, 6.07) is 89.0. The van der Waals surface area contributed by atoms with Crippen molar-refractivity contribution in [1.82, 2.24) is 0 Å². The molecule has 0 aliphatic carbocycles. The number of anilines is 3. The van der Waals surface area contributed by atoms with Gasteiger partial charge in [-0.3, -0.25) is 0 Å². The summed E-state index contributed by atoms with van der Waals surface area (Å²) >= 11 is 0. The van der Waals surface area contributed by atoms with Crippen molar-refractivity contribution >= 4 is 39.0 Å². The Morgan fingerprint density at radius 1 is 0.210 bits per heavy atom. The summed E-state index contributed by atoms with van der Waals surface area (Å²) in [5.74, 6) is 0. The third-order valence-corrected chi connectivity index (χ3v) is 11.9. The summed E-state index contributed by atoms with van der Waals surface area (Å²) in [6.45, 7) is 0. The van der Waals surface area contributed by atoms with Gasteiger partial charge in [-0.15, -0.1) is 0 Å². The molecule has 0 amide bonds. The highest BCUT2D eigenvalue weighted by molar-refractivity contribution is 6.06. The summed E-state index contributed by atoms with van der Waals surface area (Å²) in [5.41, 5.74) is 19.3. The van der Waals surface area contributed by atoms with E-state index in [4.69, 9.17) is 4.42 Å². The summed E-state index contributed by atoms with van der Waals surface area (Å²) in [4.78, 5) is 2.31. The van der Waals surface area contributed by atoms with E-state index in [-0.39, 0.29) is 0 Å². The molecule has 2 nitrogen and oxygen atoms in total. The number of rotatable bonds is 9. The van der Waals surface area contributed by atoms with Crippen molar-refractivity contribution in [3.05, 3.63) is 249 Å². The Balaban J connectivity index is 0.882. The Labute approximate surface area is 362 Å². The Kier molecular flexibility index (Phi) is 9.57. The zero-order valence-electron chi connectivity index (χ0n) is 34.0. The smallest absolute Gasteiger partial charge is 0.137 e. The number of hydrogen-bond donors (Lipinski definition) is 0. The van der Waals surface area contributed by atoms with Gasteiger partial charge in [-0.25, -0.2) is 0 Å². The first-order chi connectivity index (χ1) is 30.7. The van der Waals surface area contributed by atoms with Gasteiger partial charge in [0.05, 0.1) is 0 Å². The van der Waals surface area contributed by atoms with Crippen molar-refractivity contribution in [2.24, 2.45) is 0 Å². The third kappa shape index (κ3) is 7.25. The number of fused-ring (bicyclic) bond motifs is 3. The van der Waals surface area contributed by atoms with Crippen LogP contribution in [0.3, 0.4) is 0 Å². The lowest BCUT2D eigenvalue weighted by atomic mass is 9.96. The molecule has 0 saturated carbocycles. The molecule has 11 aromatic rings. The molecule has 0 aliphatic rings. The first-order valence-electron chi connectivity index (χ1n) is 21.1. The highest BCUT2D eigenvalue weighted by atomic mass is 16.3. The maximum Gasteiger partial charge on any atom is 0.137 e. The highest BCUT2D eigenvalue weighted by Crippen LogP contribution is 2.40. The molecule has 0 bridgehead atoms. The molecule has 0 fully saturated rings. The lowest BCUT2D eigenvalue weighted by Crippen LogP contribution is -2.09. The van der Waals surface area contributed by atoms with Crippen molar-refractivity contribution in [1.29, 1.82) is 0 Å². The van der Waals surface area contributed by atoms with Gasteiger partial charge >= 0.3 is 0 Å². The fourth-order valence-corrected chi connectivity index (χ4v) is 8.61. The molecule has 0 aliphatic heterocycles. The summed E-state index contributed by atoms with van der Waals surface area (Å²) < 4.78 is 6.38. The van der Waals surface area contributed by atoms with Crippen LogP contribution >= 0.6 is 0 Å². The molecule has 1 heterocycles. The zero-order chi connectivity index (χ0) is 41.2. The summed E-state index contributed by atoms with van der Waals surface area (Å²) in [7, 11) is 0. The number of furan rings is 1. The molecule has 0 saturated heterocycles. The van der Waals surface area contributed by atoms with Crippen LogP contribution in [0.5, 0.6) is 0 Å². The molecule has 0 atom stereocenters. The van der Waals surface area contributed by atoms with E-state index in [0.29, 0.717) is 0 Å². The Bertz CT molecular complexity index is 3280. The first-order valence-corrected chi connectivity index (χ1v) is 21.1. The van der Waals surface area contributed by atoms with E-state index in [1.807, 2.05) is 12.1 Å². The van der Waals surface area contributed by atoms with Gasteiger partial charge < -0.3 is 9.32 Å². The zero-order valence-corrected chi connectivity index (χ0v) is 34.0. The molecule has 0 unspecified atom stereocenters. The van der Waals surface area contributed by atoms with Crippen LogP contribution in [0.2, 0.25) is 0 Å². The molecule has 0 radical (unpaired) electrons. The number of para-hydroxylation sites is 1. The van der Waals surface area contributed by atoms with Gasteiger partial charge in [-0.05, 0) is 115 Å². The topological polar surface area (TPSA) is 16.4 Å². The van der Waals surface area contributed by atoms with Gasteiger partial charge in [0.25, 0.3) is 0 Å². The van der Waals surface area contributed by atoms with E-state index in [1.54, 1.807) is 0 Å². The van der Waals surface area contributed by atoms with E-state index in [1.165, 1.54) is 61.2 Å². The van der Waals surface area contributed by atoms with Crippen molar-refractivity contribution < 1.29 is 4.42 Å². The van der Waals surface area contributed by atoms with Crippen LogP contribution in [0.4, 0.5) is 17.1 Å². The maximum absolute atomic E-state index is 6.38. The van der Waals surface area contributed by atoms with Gasteiger partial charge in [-0.2, -0.15) is 0 Å². The molecule has 10 aromatic carbocycles. The van der Waals surface area contributed by atoms with Gasteiger partial charge in [0, 0.05) is 33.9 Å². The molecule has 11 rings (SSSR count). The van der Waals surface area contributed by atoms with Crippen LogP contribution in [0.15, 0.2) is 253 Å². The molecular weight excluding hydrogens is 751 g/mol. The van der Waals surface area contributed by atoms with Crippen LogP contribution in [0.1, 0.15) is 0 Å². The first kappa shape index (κ1) is 36.8. The van der Waals surface area contributed by atoms with Crippen molar-refractivity contribution in [2.45, 2.75) is 0 Å². The summed E-state index contributed by atoms with van der Waals surface area (Å²) in [6.07, 6.45) is 0. The molecule has 292 valence electrons. The van der Waals surface area contributed by atoms with Gasteiger partial charge in [0.1, 0.15) is 11.2 Å². The largest absolute Gasteiger partial charge is 0.456 e. The van der Waals surface area contributed by atoms with Crippen LogP contribution < -0.4 is 4.90 Å². The Morgan fingerprint density at radius 3 is 0.984 bits per heavy atom. The van der Waals surface area contributed by atoms with E-state index >= 15 is 0 Å². The summed E-state index contributed by atoms with van der Waals surface area (Å²) in [5, 5.41) is 2.24. The number of hydrogen-bond acceptors (Lipinski definition) is 2. The van der Waals surface area contributed by atoms with Gasteiger partial charge in [0.15, 0.2) is 0 Å². The minimum Gasteiger partial charge on any atom is -0.456 e. The standard InChI is InChI=1S/C60H41NO/c1-3-10-42(11-4-1)44-18-22-46(23-19-44)47-26-28-50(29-27-47)52-14-9-15-53(40-52)51-32-36-55(37-33-51)61(56-38-39-58-57-16-7-8-17-59(57)62-60(58)41-56)54-34-30-49(31-35-54)48-24-20-45(21-25-48)43-12-5-2-6-13-43/h1-41H. The van der Waals surface area contributed by atoms with Crippen LogP contribution in [-0.4, -0.2) is 0 Å². The van der Waals surface area contributed by atoms with E-state index < -0.39 is 0 Å². The second-order valence-corrected chi connectivity index (χ2v) is 15.8. The Hall–Kier alpha value is -8.20. The molecular formula is C60H41NO. The monoisotopic (exact) mass is 791 g/mol. The lowest BCUT2D eigenvalue weighted by Gasteiger charge is -2.26. The highest BCUT2D eigenvalue weighted by Gasteiger charge is 2.16. The van der Waals surface area contributed by atoms with E-state index in [9.17, 15) is 0 Å².